The van der Waals surface area contributed by atoms with Crippen LogP contribution < -0.4 is 0 Å². The zero-order valence-corrected chi connectivity index (χ0v) is 13.1. The minimum Gasteiger partial charge on any atom is -0.193 e. The average Bonchev–Trinajstić information content (AvgIpc) is 3.30. The maximum atomic E-state index is 12.5. The lowest BCUT2D eigenvalue weighted by atomic mass is 9.99. The number of rotatable bonds is 4. The molecule has 0 bridgehead atoms. The van der Waals surface area contributed by atoms with Gasteiger partial charge in [0.2, 0.25) is 0 Å². The molecule has 0 aliphatic heterocycles. The molecule has 0 heterocycles. The van der Waals surface area contributed by atoms with Crippen molar-refractivity contribution in [2.45, 2.75) is 23.4 Å². The monoisotopic (exact) mass is 354 g/mol. The summed E-state index contributed by atoms with van der Waals surface area (Å²) in [6.45, 7) is 0. The van der Waals surface area contributed by atoms with Gasteiger partial charge in [0, 0.05) is 5.92 Å². The second kappa shape index (κ2) is 5.70. The van der Waals surface area contributed by atoms with Crippen molar-refractivity contribution in [2.24, 2.45) is 9.63 Å². The average molecular weight is 354 g/mol. The van der Waals surface area contributed by atoms with E-state index in [0.29, 0.717) is 12.0 Å². The second-order valence-electron chi connectivity index (χ2n) is 5.56. The number of halogens is 3. The number of nitrogens with zero attached hydrogens (tertiary/aromatic N) is 2. The van der Waals surface area contributed by atoms with Crippen LogP contribution in [0.3, 0.4) is 0 Å². The summed E-state index contributed by atoms with van der Waals surface area (Å²) in [5, 5.41) is 3.65. The number of hydrogen-bond acceptors (Lipinski definition) is 3. The summed E-state index contributed by atoms with van der Waals surface area (Å²) in [6, 6.07) is 17.8. The highest BCUT2D eigenvalue weighted by Crippen LogP contribution is 2.61. The van der Waals surface area contributed by atoms with Crippen molar-refractivity contribution in [1.82, 2.24) is 0 Å². The first-order chi connectivity index (χ1) is 11.3. The maximum Gasteiger partial charge on any atom is 0.520 e. The van der Waals surface area contributed by atoms with E-state index >= 15 is 0 Å². The van der Waals surface area contributed by atoms with E-state index in [0.717, 1.165) is 5.56 Å². The molecular weight excluding hydrogens is 341 g/mol. The molecule has 24 heavy (non-hydrogen) atoms. The number of alkyl halides is 3. The molecule has 2 aromatic rings. The molecule has 2 atom stereocenters. The molecule has 0 radical (unpaired) electrons. The second-order valence-corrected chi connectivity index (χ2v) is 7.14. The summed E-state index contributed by atoms with van der Waals surface area (Å²) >= 11 is 0. The molecule has 1 fully saturated rings. The van der Waals surface area contributed by atoms with Crippen LogP contribution in [0, 0.1) is 0 Å². The highest BCUT2D eigenvalue weighted by Gasteiger charge is 2.58. The van der Waals surface area contributed by atoms with Crippen molar-refractivity contribution >= 4 is 10.0 Å². The Morgan fingerprint density at radius 3 is 2.04 bits per heavy atom. The molecule has 1 aliphatic carbocycles. The minimum atomic E-state index is -5.65. The normalized spacial score (nSPS) is 24.2. The van der Waals surface area contributed by atoms with E-state index < -0.39 is 21.1 Å². The number of benzene rings is 2. The van der Waals surface area contributed by atoms with Gasteiger partial charge >= 0.3 is 15.5 Å². The van der Waals surface area contributed by atoms with Crippen molar-refractivity contribution in [2.75, 3.05) is 0 Å². The van der Waals surface area contributed by atoms with E-state index in [2.05, 4.69) is 9.63 Å². The zero-order valence-electron chi connectivity index (χ0n) is 12.3. The fourth-order valence-corrected chi connectivity index (χ4v) is 3.06. The van der Waals surface area contributed by atoms with E-state index in [1.54, 1.807) is 30.3 Å². The SMILES string of the molecule is O=S(=O)(N=N[C@@]1(c2ccccc2)C[C@@H]1c1ccccc1)C(F)(F)F. The first kappa shape index (κ1) is 16.6. The lowest BCUT2D eigenvalue weighted by Gasteiger charge is -2.12. The van der Waals surface area contributed by atoms with Crippen molar-refractivity contribution < 1.29 is 21.6 Å². The first-order valence-electron chi connectivity index (χ1n) is 7.12. The lowest BCUT2D eigenvalue weighted by Crippen LogP contribution is -2.21. The van der Waals surface area contributed by atoms with Gasteiger partial charge < -0.3 is 0 Å². The topological polar surface area (TPSA) is 58.9 Å². The standard InChI is InChI=1S/C16H13F3N2O2S/c17-16(18,19)24(22,23)21-20-15(13-9-5-2-6-10-13)11-14(15)12-7-3-1-4-8-12/h1-10,14H,11H2/t14-,15-/m1/s1. The van der Waals surface area contributed by atoms with Gasteiger partial charge in [0.05, 0.1) is 0 Å². The summed E-state index contributed by atoms with van der Waals surface area (Å²) in [5.74, 6) is -0.215. The van der Waals surface area contributed by atoms with E-state index in [1.807, 2.05) is 30.3 Å². The molecule has 1 saturated carbocycles. The molecule has 8 heteroatoms. The third-order valence-electron chi connectivity index (χ3n) is 4.03. The molecule has 3 rings (SSSR count). The van der Waals surface area contributed by atoms with Gasteiger partial charge in [0.25, 0.3) is 0 Å². The molecule has 1 aliphatic rings. The summed E-state index contributed by atoms with van der Waals surface area (Å²) in [7, 11) is -5.65. The van der Waals surface area contributed by atoms with Crippen LogP contribution in [0.2, 0.25) is 0 Å². The van der Waals surface area contributed by atoms with Crippen LogP contribution >= 0.6 is 0 Å². The minimum absolute atomic E-state index is 0.215. The molecule has 2 aromatic carbocycles. The van der Waals surface area contributed by atoms with Gasteiger partial charge in [-0.1, -0.05) is 65.2 Å². The molecule has 0 unspecified atom stereocenters. The fraction of sp³-hybridized carbons (Fsp3) is 0.250. The van der Waals surface area contributed by atoms with Gasteiger partial charge in [-0.05, 0) is 17.5 Å². The predicted octanol–water partition coefficient (Wildman–Crippen LogP) is 4.37. The van der Waals surface area contributed by atoms with E-state index in [9.17, 15) is 21.6 Å². The summed E-state index contributed by atoms with van der Waals surface area (Å²) in [6.07, 6.45) is 0.401. The summed E-state index contributed by atoms with van der Waals surface area (Å²) < 4.78 is 62.6. The third-order valence-corrected chi connectivity index (χ3v) is 4.91. The van der Waals surface area contributed by atoms with Crippen molar-refractivity contribution in [3.63, 3.8) is 0 Å². The van der Waals surface area contributed by atoms with Crippen LogP contribution in [-0.2, 0) is 15.6 Å². The van der Waals surface area contributed by atoms with Crippen LogP contribution in [0.25, 0.3) is 0 Å². The molecule has 4 nitrogen and oxygen atoms in total. The molecule has 126 valence electrons. The molecule has 0 saturated heterocycles. The Hall–Kier alpha value is -2.22. The zero-order chi connectivity index (χ0) is 17.4. The first-order valence-corrected chi connectivity index (χ1v) is 8.56. The maximum absolute atomic E-state index is 12.5. The van der Waals surface area contributed by atoms with Crippen molar-refractivity contribution in [1.29, 1.82) is 0 Å². The van der Waals surface area contributed by atoms with E-state index in [4.69, 9.17) is 0 Å². The van der Waals surface area contributed by atoms with E-state index in [-0.39, 0.29) is 5.92 Å². The quantitative estimate of drug-likeness (QED) is 0.766. The largest absolute Gasteiger partial charge is 0.520 e. The Labute approximate surface area is 137 Å². The summed E-state index contributed by atoms with van der Waals surface area (Å²) in [5.41, 5.74) is -5.02. The van der Waals surface area contributed by atoms with Gasteiger partial charge in [0.1, 0.15) is 5.54 Å². The van der Waals surface area contributed by atoms with Crippen molar-refractivity contribution in [3.05, 3.63) is 71.8 Å². The fourth-order valence-electron chi connectivity index (χ4n) is 2.72. The lowest BCUT2D eigenvalue weighted by molar-refractivity contribution is -0.0437. The molecule has 0 aromatic heterocycles. The van der Waals surface area contributed by atoms with E-state index in [1.165, 1.54) is 0 Å². The Balaban J connectivity index is 2.01. The molecule has 0 spiro atoms. The molecule has 0 N–H and O–H groups in total. The van der Waals surface area contributed by atoms with Gasteiger partial charge in [-0.2, -0.15) is 26.7 Å². The summed E-state index contributed by atoms with van der Waals surface area (Å²) in [4.78, 5) is 0. The highest BCUT2D eigenvalue weighted by molar-refractivity contribution is 7.90. The Morgan fingerprint density at radius 2 is 1.50 bits per heavy atom. The van der Waals surface area contributed by atoms with Crippen molar-refractivity contribution in [3.8, 4) is 0 Å². The van der Waals surface area contributed by atoms with Gasteiger partial charge in [0.15, 0.2) is 0 Å². The van der Waals surface area contributed by atoms with Crippen LogP contribution in [0.15, 0.2) is 70.3 Å². The number of hydrogen-bond donors (Lipinski definition) is 0. The van der Waals surface area contributed by atoms with Crippen LogP contribution in [0.5, 0.6) is 0 Å². The Kier molecular flexibility index (Phi) is 3.95. The third kappa shape index (κ3) is 2.93. The molecular formula is C16H13F3N2O2S. The highest BCUT2D eigenvalue weighted by atomic mass is 32.2. The Bertz CT molecular complexity index is 852. The number of sulfonamides is 1. The predicted molar refractivity (Wildman–Crippen MR) is 81.8 cm³/mol. The van der Waals surface area contributed by atoms with Crippen LogP contribution in [0.4, 0.5) is 13.2 Å². The van der Waals surface area contributed by atoms with Gasteiger partial charge in [-0.3, -0.25) is 0 Å². The molecule has 0 amide bonds. The van der Waals surface area contributed by atoms with Gasteiger partial charge in [-0.25, -0.2) is 0 Å². The smallest absolute Gasteiger partial charge is 0.193 e. The van der Waals surface area contributed by atoms with Gasteiger partial charge in [-0.15, -0.1) is 0 Å². The van der Waals surface area contributed by atoms with Crippen LogP contribution in [-0.4, -0.2) is 13.9 Å². The Morgan fingerprint density at radius 1 is 0.958 bits per heavy atom. The van der Waals surface area contributed by atoms with Crippen LogP contribution in [0.1, 0.15) is 23.5 Å².